The van der Waals surface area contributed by atoms with E-state index < -0.39 is 0 Å². The van der Waals surface area contributed by atoms with Gasteiger partial charge in [0.15, 0.2) is 0 Å². The van der Waals surface area contributed by atoms with Gasteiger partial charge in [-0.25, -0.2) is 9.78 Å². The number of hydrogen-bond donors (Lipinski definition) is 2. The van der Waals surface area contributed by atoms with Crippen molar-refractivity contribution in [2.45, 2.75) is 18.9 Å². The number of ether oxygens (including phenoxy) is 1. The van der Waals surface area contributed by atoms with Crippen molar-refractivity contribution >= 4 is 29.2 Å². The van der Waals surface area contributed by atoms with Crippen molar-refractivity contribution in [3.8, 4) is 0 Å². The summed E-state index contributed by atoms with van der Waals surface area (Å²) in [5.74, 6) is 1.65. The predicted molar refractivity (Wildman–Crippen MR) is 90.8 cm³/mol. The highest BCUT2D eigenvalue weighted by atomic mass is 32.2. The lowest BCUT2D eigenvalue weighted by molar-refractivity contribution is 0.140. The van der Waals surface area contributed by atoms with E-state index in [9.17, 15) is 4.79 Å². The van der Waals surface area contributed by atoms with Crippen LogP contribution in [0, 0.1) is 0 Å². The number of nitrogens with zero attached hydrogens (tertiary/aromatic N) is 1. The van der Waals surface area contributed by atoms with Crippen molar-refractivity contribution in [1.82, 2.24) is 10.3 Å². The summed E-state index contributed by atoms with van der Waals surface area (Å²) < 4.78 is 5.13. The molecule has 0 aliphatic rings. The van der Waals surface area contributed by atoms with Crippen LogP contribution >= 0.6 is 23.1 Å². The maximum absolute atomic E-state index is 11.5. The maximum Gasteiger partial charge on any atom is 0.407 e. The second-order valence-electron chi connectivity index (χ2n) is 4.48. The molecule has 0 unspecified atom stereocenters. The Kier molecular flexibility index (Phi) is 7.21. The Balaban J connectivity index is 1.53. The molecule has 0 fully saturated rings. The molecule has 1 amide bonds. The third kappa shape index (κ3) is 6.05. The van der Waals surface area contributed by atoms with Crippen molar-refractivity contribution in [1.29, 1.82) is 0 Å². The first-order chi connectivity index (χ1) is 10.8. The Hall–Kier alpha value is -1.57. The number of carbonyl (C=O) groups excluding carboxylic acids is 1. The van der Waals surface area contributed by atoms with Crippen LogP contribution in [0.4, 0.5) is 4.79 Å². The summed E-state index contributed by atoms with van der Waals surface area (Å²) in [6, 6.07) is 9.61. The van der Waals surface area contributed by atoms with Crippen LogP contribution in [-0.4, -0.2) is 23.4 Å². The number of aromatic nitrogens is 1. The van der Waals surface area contributed by atoms with E-state index in [-0.39, 0.29) is 6.09 Å². The summed E-state index contributed by atoms with van der Waals surface area (Å²) in [5.41, 5.74) is 7.54. The van der Waals surface area contributed by atoms with Gasteiger partial charge in [-0.05, 0) is 5.56 Å². The molecule has 0 saturated carbocycles. The van der Waals surface area contributed by atoms with Crippen LogP contribution in [0.15, 0.2) is 35.7 Å². The molecule has 1 aromatic heterocycles. The second-order valence-corrected chi connectivity index (χ2v) is 6.53. The summed E-state index contributed by atoms with van der Waals surface area (Å²) in [6.07, 6.45) is -0.386. The highest BCUT2D eigenvalue weighted by Crippen LogP contribution is 2.15. The molecule has 22 heavy (non-hydrogen) atoms. The van der Waals surface area contributed by atoms with Gasteiger partial charge in [0.25, 0.3) is 0 Å². The van der Waals surface area contributed by atoms with Crippen LogP contribution in [0.1, 0.15) is 16.3 Å². The molecule has 1 heterocycles. The molecule has 2 aromatic rings. The summed E-state index contributed by atoms with van der Waals surface area (Å²) >= 11 is 3.30. The van der Waals surface area contributed by atoms with Gasteiger partial charge in [0.1, 0.15) is 11.6 Å². The number of thioether (sulfide) groups is 1. The first-order valence-corrected chi connectivity index (χ1v) is 8.97. The number of thiazole rings is 1. The molecule has 0 bridgehead atoms. The fourth-order valence-electron chi connectivity index (χ4n) is 1.69. The Morgan fingerprint density at radius 3 is 2.91 bits per heavy atom. The van der Waals surface area contributed by atoms with E-state index in [2.05, 4.69) is 10.3 Å². The zero-order chi connectivity index (χ0) is 15.6. The van der Waals surface area contributed by atoms with Gasteiger partial charge < -0.3 is 15.8 Å². The lowest BCUT2D eigenvalue weighted by Crippen LogP contribution is -2.26. The van der Waals surface area contributed by atoms with Crippen LogP contribution in [0.2, 0.25) is 0 Å². The summed E-state index contributed by atoms with van der Waals surface area (Å²) in [4.78, 5) is 15.9. The third-order valence-corrected chi connectivity index (χ3v) is 4.67. The molecular weight excluding hydrogens is 318 g/mol. The lowest BCUT2D eigenvalue weighted by Gasteiger charge is -2.06. The number of rotatable bonds is 8. The quantitative estimate of drug-likeness (QED) is 0.724. The van der Waals surface area contributed by atoms with Crippen LogP contribution in [0.5, 0.6) is 0 Å². The van der Waals surface area contributed by atoms with Gasteiger partial charge in [-0.3, -0.25) is 0 Å². The second kappa shape index (κ2) is 9.45. The molecule has 5 nitrogen and oxygen atoms in total. The molecule has 0 aliphatic carbocycles. The predicted octanol–water partition coefficient (Wildman–Crippen LogP) is 2.76. The van der Waals surface area contributed by atoms with E-state index in [4.69, 9.17) is 10.5 Å². The van der Waals surface area contributed by atoms with E-state index in [0.29, 0.717) is 19.7 Å². The minimum absolute atomic E-state index is 0.292. The van der Waals surface area contributed by atoms with Gasteiger partial charge in [0, 0.05) is 30.0 Å². The highest BCUT2D eigenvalue weighted by molar-refractivity contribution is 7.98. The van der Waals surface area contributed by atoms with Gasteiger partial charge in [-0.2, -0.15) is 11.8 Å². The number of amides is 1. The monoisotopic (exact) mass is 337 g/mol. The van der Waals surface area contributed by atoms with E-state index in [1.54, 1.807) is 23.1 Å². The van der Waals surface area contributed by atoms with Crippen LogP contribution in [-0.2, 0) is 23.6 Å². The number of hydrogen-bond acceptors (Lipinski definition) is 6. The molecule has 0 spiro atoms. The van der Waals surface area contributed by atoms with E-state index >= 15 is 0 Å². The van der Waals surface area contributed by atoms with Crippen molar-refractivity contribution in [3.63, 3.8) is 0 Å². The molecule has 1 aromatic carbocycles. The van der Waals surface area contributed by atoms with E-state index in [1.807, 2.05) is 35.7 Å². The number of carbonyl (C=O) groups is 1. The zero-order valence-electron chi connectivity index (χ0n) is 12.2. The van der Waals surface area contributed by atoms with Crippen molar-refractivity contribution in [3.05, 3.63) is 52.0 Å². The van der Waals surface area contributed by atoms with Gasteiger partial charge in [0.05, 0.1) is 5.69 Å². The van der Waals surface area contributed by atoms with Crippen molar-refractivity contribution < 1.29 is 9.53 Å². The Labute approximate surface area is 138 Å². The van der Waals surface area contributed by atoms with Crippen LogP contribution in [0.25, 0.3) is 0 Å². The molecule has 0 aliphatic heterocycles. The molecule has 0 saturated heterocycles. The minimum atomic E-state index is -0.386. The fourth-order valence-corrected chi connectivity index (χ4v) is 3.21. The largest absolute Gasteiger partial charge is 0.445 e. The number of benzene rings is 1. The van der Waals surface area contributed by atoms with Gasteiger partial charge in [-0.1, -0.05) is 30.3 Å². The number of nitrogens with two attached hydrogens (primary N) is 1. The average Bonchev–Trinajstić information content (AvgIpc) is 3.01. The molecule has 118 valence electrons. The normalized spacial score (nSPS) is 10.4. The number of alkyl carbamates (subject to hydrolysis) is 1. The average molecular weight is 337 g/mol. The molecule has 3 N–H and O–H groups in total. The van der Waals surface area contributed by atoms with Gasteiger partial charge in [-0.15, -0.1) is 11.3 Å². The van der Waals surface area contributed by atoms with Crippen molar-refractivity contribution in [2.24, 2.45) is 5.73 Å². The molecule has 2 rings (SSSR count). The third-order valence-electron chi connectivity index (χ3n) is 2.75. The minimum Gasteiger partial charge on any atom is -0.445 e. The van der Waals surface area contributed by atoms with E-state index in [1.165, 1.54) is 0 Å². The number of nitrogens with one attached hydrogen (secondary N) is 1. The van der Waals surface area contributed by atoms with E-state index in [0.717, 1.165) is 27.8 Å². The first-order valence-electron chi connectivity index (χ1n) is 6.93. The van der Waals surface area contributed by atoms with Gasteiger partial charge in [0.2, 0.25) is 0 Å². The SMILES string of the molecule is NCc1nc(CSCCNC(=O)OCc2ccccc2)cs1. The first kappa shape index (κ1) is 16.8. The Bertz CT molecular complexity index is 575. The smallest absolute Gasteiger partial charge is 0.407 e. The van der Waals surface area contributed by atoms with Crippen LogP contribution < -0.4 is 11.1 Å². The highest BCUT2D eigenvalue weighted by Gasteiger charge is 2.03. The summed E-state index contributed by atoms with van der Waals surface area (Å²) in [5, 5.41) is 5.72. The topological polar surface area (TPSA) is 77.2 Å². The molecule has 7 heteroatoms. The fraction of sp³-hybridized carbons (Fsp3) is 0.333. The molecule has 0 radical (unpaired) electrons. The Morgan fingerprint density at radius 1 is 1.36 bits per heavy atom. The standard InChI is InChI=1S/C15H19N3O2S2/c16-8-14-18-13(11-22-14)10-21-7-6-17-15(19)20-9-12-4-2-1-3-5-12/h1-5,11H,6-10,16H2,(H,17,19). The molecule has 0 atom stereocenters. The van der Waals surface area contributed by atoms with Crippen LogP contribution in [0.3, 0.4) is 0 Å². The maximum atomic E-state index is 11.5. The lowest BCUT2D eigenvalue weighted by atomic mass is 10.2. The summed E-state index contributed by atoms with van der Waals surface area (Å²) in [7, 11) is 0. The van der Waals surface area contributed by atoms with Crippen molar-refractivity contribution in [2.75, 3.05) is 12.3 Å². The zero-order valence-corrected chi connectivity index (χ0v) is 13.8. The molecular formula is C15H19N3O2S2. The Morgan fingerprint density at radius 2 is 2.18 bits per heavy atom. The summed E-state index contributed by atoms with van der Waals surface area (Å²) in [6.45, 7) is 1.36. The van der Waals surface area contributed by atoms with Gasteiger partial charge >= 0.3 is 6.09 Å².